The number of ketones is 1. The topological polar surface area (TPSA) is 43.4 Å². The fourth-order valence-corrected chi connectivity index (χ4v) is 1.60. The SMILES string of the molecule is C=C/C=C\C(=C/C)C(=O)[C@H]1C[C@@H]1C(=O)OC. The molecule has 16 heavy (non-hydrogen) atoms. The van der Waals surface area contributed by atoms with Gasteiger partial charge in [-0.05, 0) is 13.3 Å². The maximum atomic E-state index is 11.9. The summed E-state index contributed by atoms with van der Waals surface area (Å²) in [6.45, 7) is 5.35. The number of hydrogen-bond acceptors (Lipinski definition) is 3. The molecule has 1 aliphatic rings. The zero-order valence-electron chi connectivity index (χ0n) is 9.60. The molecular weight excluding hydrogens is 204 g/mol. The molecule has 0 heterocycles. The molecule has 0 saturated heterocycles. The van der Waals surface area contributed by atoms with Gasteiger partial charge in [-0.2, -0.15) is 0 Å². The molecule has 0 radical (unpaired) electrons. The Kier molecular flexibility index (Phi) is 4.23. The molecule has 86 valence electrons. The molecule has 0 aromatic carbocycles. The van der Waals surface area contributed by atoms with Gasteiger partial charge >= 0.3 is 5.97 Å². The normalized spacial score (nSPS) is 24.2. The smallest absolute Gasteiger partial charge is 0.309 e. The molecular formula is C13H16O3. The fourth-order valence-electron chi connectivity index (χ4n) is 1.60. The lowest BCUT2D eigenvalue weighted by Crippen LogP contribution is -2.11. The van der Waals surface area contributed by atoms with E-state index < -0.39 is 0 Å². The molecule has 3 nitrogen and oxygen atoms in total. The summed E-state index contributed by atoms with van der Waals surface area (Å²) in [4.78, 5) is 23.1. The van der Waals surface area contributed by atoms with Gasteiger partial charge in [-0.3, -0.25) is 9.59 Å². The standard InChI is InChI=1S/C13H16O3/c1-4-6-7-9(5-2)12(14)10-8-11(10)13(15)16-3/h4-7,10-11H,1,8H2,2-3H3/b7-6-,9-5+/t10-,11-/m0/s1. The molecule has 0 bridgehead atoms. The van der Waals surface area contributed by atoms with Gasteiger partial charge in [0.25, 0.3) is 0 Å². The molecule has 1 fully saturated rings. The van der Waals surface area contributed by atoms with E-state index in [9.17, 15) is 9.59 Å². The van der Waals surface area contributed by atoms with E-state index in [0.29, 0.717) is 12.0 Å². The first kappa shape index (κ1) is 12.4. The Hall–Kier alpha value is -1.64. The summed E-state index contributed by atoms with van der Waals surface area (Å²) < 4.78 is 4.60. The minimum absolute atomic E-state index is 0.0102. The van der Waals surface area contributed by atoms with E-state index in [1.165, 1.54) is 7.11 Å². The Labute approximate surface area is 95.5 Å². The quantitative estimate of drug-likeness (QED) is 0.404. The van der Waals surface area contributed by atoms with E-state index >= 15 is 0 Å². The van der Waals surface area contributed by atoms with Crippen LogP contribution in [0, 0.1) is 11.8 Å². The number of rotatable bonds is 5. The van der Waals surface area contributed by atoms with Gasteiger partial charge in [-0.25, -0.2) is 0 Å². The zero-order chi connectivity index (χ0) is 12.1. The summed E-state index contributed by atoms with van der Waals surface area (Å²) in [5.41, 5.74) is 0.622. The first-order chi connectivity index (χ1) is 7.65. The van der Waals surface area contributed by atoms with Crippen molar-refractivity contribution in [2.45, 2.75) is 13.3 Å². The number of allylic oxidation sites excluding steroid dienone is 5. The van der Waals surface area contributed by atoms with Crippen molar-refractivity contribution in [3.05, 3.63) is 36.5 Å². The van der Waals surface area contributed by atoms with Gasteiger partial charge in [0.2, 0.25) is 0 Å². The molecule has 0 N–H and O–H groups in total. The van der Waals surface area contributed by atoms with Gasteiger partial charge in [0.05, 0.1) is 13.0 Å². The molecule has 1 rings (SSSR count). The summed E-state index contributed by atoms with van der Waals surface area (Å²) in [5.74, 6) is -0.727. The van der Waals surface area contributed by atoms with Crippen LogP contribution in [0.2, 0.25) is 0 Å². The van der Waals surface area contributed by atoms with Crippen molar-refractivity contribution in [3.8, 4) is 0 Å². The van der Waals surface area contributed by atoms with Crippen LogP contribution in [0.1, 0.15) is 13.3 Å². The van der Waals surface area contributed by atoms with Crippen LogP contribution in [0.25, 0.3) is 0 Å². The van der Waals surface area contributed by atoms with E-state index in [1.54, 1.807) is 31.2 Å². The van der Waals surface area contributed by atoms with Crippen LogP contribution in [-0.4, -0.2) is 18.9 Å². The maximum Gasteiger partial charge on any atom is 0.309 e. The number of esters is 1. The lowest BCUT2D eigenvalue weighted by Gasteiger charge is -1.99. The predicted molar refractivity (Wildman–Crippen MR) is 61.7 cm³/mol. The van der Waals surface area contributed by atoms with Crippen molar-refractivity contribution in [2.24, 2.45) is 11.8 Å². The Morgan fingerprint density at radius 1 is 1.38 bits per heavy atom. The van der Waals surface area contributed by atoms with E-state index in [2.05, 4.69) is 11.3 Å². The second-order valence-corrected chi connectivity index (χ2v) is 3.67. The first-order valence-corrected chi connectivity index (χ1v) is 5.23. The van der Waals surface area contributed by atoms with Crippen molar-refractivity contribution >= 4 is 11.8 Å². The molecule has 3 heteroatoms. The lowest BCUT2D eigenvalue weighted by atomic mass is 10.1. The third-order valence-corrected chi connectivity index (χ3v) is 2.64. The van der Waals surface area contributed by atoms with Gasteiger partial charge in [-0.1, -0.05) is 30.9 Å². The summed E-state index contributed by atoms with van der Waals surface area (Å²) in [6.07, 6.45) is 7.38. The van der Waals surface area contributed by atoms with Gasteiger partial charge in [-0.15, -0.1) is 0 Å². The van der Waals surface area contributed by atoms with E-state index in [-0.39, 0.29) is 23.6 Å². The number of carbonyl (C=O) groups excluding carboxylic acids is 2. The van der Waals surface area contributed by atoms with Crippen molar-refractivity contribution in [2.75, 3.05) is 7.11 Å². The van der Waals surface area contributed by atoms with E-state index in [1.807, 2.05) is 0 Å². The summed E-state index contributed by atoms with van der Waals surface area (Å²) in [5, 5.41) is 0. The molecule has 0 spiro atoms. The van der Waals surface area contributed by atoms with Gasteiger partial charge in [0, 0.05) is 11.5 Å². The number of hydrogen-bond donors (Lipinski definition) is 0. The van der Waals surface area contributed by atoms with Crippen LogP contribution in [0.4, 0.5) is 0 Å². The van der Waals surface area contributed by atoms with Crippen LogP contribution in [0.15, 0.2) is 36.5 Å². The van der Waals surface area contributed by atoms with Crippen LogP contribution in [-0.2, 0) is 14.3 Å². The Bertz CT molecular complexity index is 363. The van der Waals surface area contributed by atoms with Crippen LogP contribution in [0.3, 0.4) is 0 Å². The maximum absolute atomic E-state index is 11.9. The molecule has 0 aliphatic heterocycles. The monoisotopic (exact) mass is 220 g/mol. The Morgan fingerprint density at radius 2 is 2.06 bits per heavy atom. The average molecular weight is 220 g/mol. The van der Waals surface area contributed by atoms with Crippen molar-refractivity contribution in [1.29, 1.82) is 0 Å². The van der Waals surface area contributed by atoms with Crippen LogP contribution < -0.4 is 0 Å². The minimum atomic E-state index is -0.290. The highest BCUT2D eigenvalue weighted by molar-refractivity contribution is 6.04. The van der Waals surface area contributed by atoms with Crippen molar-refractivity contribution in [3.63, 3.8) is 0 Å². The highest BCUT2D eigenvalue weighted by Gasteiger charge is 2.48. The molecule has 0 aromatic rings. The highest BCUT2D eigenvalue weighted by atomic mass is 16.5. The highest BCUT2D eigenvalue weighted by Crippen LogP contribution is 2.41. The molecule has 0 unspecified atom stereocenters. The second kappa shape index (κ2) is 5.45. The molecule has 2 atom stereocenters. The third kappa shape index (κ3) is 2.69. The molecule has 0 aromatic heterocycles. The first-order valence-electron chi connectivity index (χ1n) is 5.23. The fraction of sp³-hybridized carbons (Fsp3) is 0.385. The van der Waals surface area contributed by atoms with Crippen LogP contribution in [0.5, 0.6) is 0 Å². The zero-order valence-corrected chi connectivity index (χ0v) is 9.60. The summed E-state index contributed by atoms with van der Waals surface area (Å²) in [7, 11) is 1.34. The van der Waals surface area contributed by atoms with Crippen molar-refractivity contribution in [1.82, 2.24) is 0 Å². The Morgan fingerprint density at radius 3 is 2.56 bits per heavy atom. The molecule has 1 saturated carbocycles. The van der Waals surface area contributed by atoms with Gasteiger partial charge < -0.3 is 4.74 Å². The second-order valence-electron chi connectivity index (χ2n) is 3.67. The minimum Gasteiger partial charge on any atom is -0.469 e. The third-order valence-electron chi connectivity index (χ3n) is 2.64. The van der Waals surface area contributed by atoms with Crippen molar-refractivity contribution < 1.29 is 14.3 Å². The van der Waals surface area contributed by atoms with Gasteiger partial charge in [0.15, 0.2) is 5.78 Å². The molecule has 0 amide bonds. The van der Waals surface area contributed by atoms with Gasteiger partial charge in [0.1, 0.15) is 0 Å². The molecule has 1 aliphatic carbocycles. The number of methoxy groups -OCH3 is 1. The average Bonchev–Trinajstić information content (AvgIpc) is 3.08. The number of ether oxygens (including phenoxy) is 1. The number of Topliss-reactive ketones (excluding diaryl/α,β-unsaturated/α-hetero) is 1. The summed E-state index contributed by atoms with van der Waals surface area (Å²) in [6, 6.07) is 0. The number of carbonyl (C=O) groups is 2. The summed E-state index contributed by atoms with van der Waals surface area (Å²) >= 11 is 0. The lowest BCUT2D eigenvalue weighted by molar-refractivity contribution is -0.143. The van der Waals surface area contributed by atoms with E-state index in [0.717, 1.165) is 0 Å². The largest absolute Gasteiger partial charge is 0.469 e. The van der Waals surface area contributed by atoms with Crippen LogP contribution >= 0.6 is 0 Å². The van der Waals surface area contributed by atoms with E-state index in [4.69, 9.17) is 0 Å². The predicted octanol–water partition coefficient (Wildman–Crippen LogP) is 2.05. The Balaban J connectivity index is 2.63.